The molecule has 3 rings (SSSR count). The number of carbonyl (C=O) groups is 2. The van der Waals surface area contributed by atoms with Gasteiger partial charge in [-0.2, -0.15) is 4.31 Å². The number of aromatic nitrogens is 1. The van der Waals surface area contributed by atoms with E-state index < -0.39 is 10.0 Å². The zero-order chi connectivity index (χ0) is 22.6. The van der Waals surface area contributed by atoms with E-state index in [9.17, 15) is 18.0 Å². The monoisotopic (exact) mass is 466 g/mol. The quantitative estimate of drug-likeness (QED) is 0.672. The second-order valence-corrected chi connectivity index (χ2v) is 9.85. The first-order valence-corrected chi connectivity index (χ1v) is 12.4. The maximum atomic E-state index is 12.6. The summed E-state index contributed by atoms with van der Waals surface area (Å²) in [6.07, 6.45) is 0.241. The number of ether oxygens (including phenoxy) is 1. The molecule has 0 saturated carbocycles. The fourth-order valence-electron chi connectivity index (χ4n) is 3.28. The van der Waals surface area contributed by atoms with Gasteiger partial charge in [0.1, 0.15) is 0 Å². The number of fused-ring (bicyclic) bond motifs is 1. The highest BCUT2D eigenvalue weighted by Crippen LogP contribution is 2.29. The Balaban J connectivity index is 1.68. The molecule has 0 atom stereocenters. The van der Waals surface area contributed by atoms with Crippen LogP contribution in [0.4, 0.5) is 9.93 Å². The standard InChI is InChI=1S/C20H26N4O5S2/c1-4-24(5-2)31(27,28)15-9-7-14(8-10-15)18(25)22-19-21-16-11-12-23(13-17(16)30-19)20(26)29-6-3/h7-10H,4-6,11-13H2,1-3H3,(H,21,22,25). The molecule has 2 heterocycles. The lowest BCUT2D eigenvalue weighted by Crippen LogP contribution is -2.35. The average molecular weight is 467 g/mol. The normalized spacial score (nSPS) is 13.7. The van der Waals surface area contributed by atoms with E-state index in [1.807, 2.05) is 0 Å². The van der Waals surface area contributed by atoms with Crippen LogP contribution in [-0.4, -0.2) is 60.8 Å². The third-order valence-corrected chi connectivity index (χ3v) is 8.00. The molecule has 0 fully saturated rings. The van der Waals surface area contributed by atoms with Gasteiger partial charge in [-0.05, 0) is 31.2 Å². The van der Waals surface area contributed by atoms with Crippen LogP contribution >= 0.6 is 11.3 Å². The first-order chi connectivity index (χ1) is 14.8. The summed E-state index contributed by atoms with van der Waals surface area (Å²) >= 11 is 1.32. The van der Waals surface area contributed by atoms with Crippen molar-refractivity contribution in [2.45, 2.75) is 38.6 Å². The minimum absolute atomic E-state index is 0.150. The van der Waals surface area contributed by atoms with E-state index >= 15 is 0 Å². The smallest absolute Gasteiger partial charge is 0.410 e. The highest BCUT2D eigenvalue weighted by molar-refractivity contribution is 7.89. The van der Waals surface area contributed by atoms with Crippen molar-refractivity contribution < 1.29 is 22.7 Å². The lowest BCUT2D eigenvalue weighted by Gasteiger charge is -2.24. The van der Waals surface area contributed by atoms with Gasteiger partial charge in [0.15, 0.2) is 5.13 Å². The number of anilines is 1. The summed E-state index contributed by atoms with van der Waals surface area (Å²) in [6, 6.07) is 5.85. The third kappa shape index (κ3) is 5.05. The van der Waals surface area contributed by atoms with E-state index in [0.717, 1.165) is 10.6 Å². The fourth-order valence-corrected chi connectivity index (χ4v) is 5.76. The van der Waals surface area contributed by atoms with E-state index in [4.69, 9.17) is 4.74 Å². The topological polar surface area (TPSA) is 109 Å². The predicted molar refractivity (Wildman–Crippen MR) is 118 cm³/mol. The van der Waals surface area contributed by atoms with Gasteiger partial charge in [0, 0.05) is 36.5 Å². The molecule has 168 valence electrons. The van der Waals surface area contributed by atoms with Crippen molar-refractivity contribution >= 4 is 38.5 Å². The molecule has 0 saturated heterocycles. The maximum absolute atomic E-state index is 12.6. The summed E-state index contributed by atoms with van der Waals surface area (Å²) in [7, 11) is -3.57. The number of rotatable bonds is 7. The fraction of sp³-hybridized carbons (Fsp3) is 0.450. The molecule has 0 spiro atoms. The van der Waals surface area contributed by atoms with Crippen LogP contribution in [0.5, 0.6) is 0 Å². The van der Waals surface area contributed by atoms with Crippen LogP contribution in [0.2, 0.25) is 0 Å². The lowest BCUT2D eigenvalue weighted by atomic mass is 10.2. The molecule has 9 nitrogen and oxygen atoms in total. The first-order valence-electron chi connectivity index (χ1n) is 10.1. The Kier molecular flexibility index (Phi) is 7.29. The number of benzene rings is 1. The molecule has 1 aliphatic heterocycles. The van der Waals surface area contributed by atoms with Crippen LogP contribution in [0.1, 0.15) is 41.7 Å². The van der Waals surface area contributed by atoms with Crippen LogP contribution in [0.15, 0.2) is 29.2 Å². The Morgan fingerprint density at radius 1 is 1.19 bits per heavy atom. The van der Waals surface area contributed by atoms with E-state index in [1.165, 1.54) is 39.9 Å². The molecule has 0 radical (unpaired) electrons. The van der Waals surface area contributed by atoms with E-state index in [1.54, 1.807) is 25.7 Å². The van der Waals surface area contributed by atoms with Gasteiger partial charge in [0.25, 0.3) is 5.91 Å². The minimum atomic E-state index is -3.57. The highest BCUT2D eigenvalue weighted by Gasteiger charge is 2.26. The van der Waals surface area contributed by atoms with Gasteiger partial charge in [0.05, 0.1) is 23.7 Å². The Morgan fingerprint density at radius 2 is 1.87 bits per heavy atom. The summed E-state index contributed by atoms with van der Waals surface area (Å²) < 4.78 is 31.6. The number of nitrogens with zero attached hydrogens (tertiary/aromatic N) is 3. The van der Waals surface area contributed by atoms with Crippen molar-refractivity contribution in [3.63, 3.8) is 0 Å². The zero-order valence-corrected chi connectivity index (χ0v) is 19.4. The molecule has 1 N–H and O–H groups in total. The first kappa shape index (κ1) is 23.2. The number of carbonyl (C=O) groups excluding carboxylic acids is 2. The predicted octanol–water partition coefficient (Wildman–Crippen LogP) is 2.94. The molecule has 0 unspecified atom stereocenters. The molecule has 2 amide bonds. The number of hydrogen-bond donors (Lipinski definition) is 1. The molecule has 0 bridgehead atoms. The average Bonchev–Trinajstić information content (AvgIpc) is 3.16. The van der Waals surface area contributed by atoms with Crippen molar-refractivity contribution in [1.29, 1.82) is 0 Å². The summed E-state index contributed by atoms with van der Waals surface area (Å²) in [5, 5.41) is 3.21. The van der Waals surface area contributed by atoms with Crippen LogP contribution in [0.25, 0.3) is 0 Å². The second-order valence-electron chi connectivity index (χ2n) is 6.83. The van der Waals surface area contributed by atoms with Gasteiger partial charge in [-0.1, -0.05) is 25.2 Å². The number of hydrogen-bond acceptors (Lipinski definition) is 7. The summed E-state index contributed by atoms with van der Waals surface area (Å²) in [6.45, 7) is 7.32. The van der Waals surface area contributed by atoms with Crippen molar-refractivity contribution in [1.82, 2.24) is 14.2 Å². The molecule has 31 heavy (non-hydrogen) atoms. The largest absolute Gasteiger partial charge is 0.450 e. The van der Waals surface area contributed by atoms with Crippen molar-refractivity contribution in [2.75, 3.05) is 31.6 Å². The van der Waals surface area contributed by atoms with Crippen LogP contribution in [0.3, 0.4) is 0 Å². The van der Waals surface area contributed by atoms with Gasteiger partial charge in [-0.25, -0.2) is 18.2 Å². The molecule has 1 aromatic heterocycles. The molecule has 11 heteroatoms. The van der Waals surface area contributed by atoms with Crippen molar-refractivity contribution in [3.05, 3.63) is 40.4 Å². The zero-order valence-electron chi connectivity index (χ0n) is 17.8. The number of nitrogens with one attached hydrogen (secondary N) is 1. The second kappa shape index (κ2) is 9.75. The summed E-state index contributed by atoms with van der Waals surface area (Å²) in [4.78, 5) is 31.7. The van der Waals surface area contributed by atoms with Gasteiger partial charge in [0.2, 0.25) is 10.0 Å². The molecule has 1 aromatic carbocycles. The van der Waals surface area contributed by atoms with Crippen LogP contribution in [-0.2, 0) is 27.7 Å². The SMILES string of the molecule is CCOC(=O)N1CCc2nc(NC(=O)c3ccc(S(=O)(=O)N(CC)CC)cc3)sc2C1. The Labute approximate surface area is 186 Å². The Bertz CT molecular complexity index is 1050. The van der Waals surface area contributed by atoms with Crippen molar-refractivity contribution in [3.8, 4) is 0 Å². The maximum Gasteiger partial charge on any atom is 0.410 e. The minimum Gasteiger partial charge on any atom is -0.450 e. The summed E-state index contributed by atoms with van der Waals surface area (Å²) in [5.41, 5.74) is 1.20. The molecule has 0 aliphatic carbocycles. The third-order valence-electron chi connectivity index (χ3n) is 4.94. The van der Waals surface area contributed by atoms with E-state index in [0.29, 0.717) is 49.9 Å². The van der Waals surface area contributed by atoms with Crippen molar-refractivity contribution in [2.24, 2.45) is 0 Å². The van der Waals surface area contributed by atoms with Gasteiger partial charge < -0.3 is 9.64 Å². The lowest BCUT2D eigenvalue weighted by molar-refractivity contribution is 0.102. The van der Waals surface area contributed by atoms with Crippen LogP contribution < -0.4 is 5.32 Å². The van der Waals surface area contributed by atoms with Crippen LogP contribution in [0, 0.1) is 0 Å². The molecular formula is C20H26N4O5S2. The summed E-state index contributed by atoms with van der Waals surface area (Å²) in [5.74, 6) is -0.375. The van der Waals surface area contributed by atoms with E-state index in [2.05, 4.69) is 10.3 Å². The van der Waals surface area contributed by atoms with Gasteiger partial charge in [-0.3, -0.25) is 10.1 Å². The van der Waals surface area contributed by atoms with Gasteiger partial charge in [-0.15, -0.1) is 0 Å². The van der Waals surface area contributed by atoms with E-state index in [-0.39, 0.29) is 16.9 Å². The number of thiazole rings is 1. The number of sulfonamides is 1. The Hall–Kier alpha value is -2.50. The number of amides is 2. The molecule has 2 aromatic rings. The van der Waals surface area contributed by atoms with Gasteiger partial charge >= 0.3 is 6.09 Å². The molecular weight excluding hydrogens is 440 g/mol. The molecule has 1 aliphatic rings. The highest BCUT2D eigenvalue weighted by atomic mass is 32.2. The Morgan fingerprint density at radius 3 is 2.48 bits per heavy atom.